The van der Waals surface area contributed by atoms with E-state index in [9.17, 15) is 4.79 Å². The summed E-state index contributed by atoms with van der Waals surface area (Å²) >= 11 is 0. The van der Waals surface area contributed by atoms with Crippen molar-refractivity contribution in [2.24, 2.45) is 5.92 Å². The molecular weight excluding hydrogens is 304 g/mol. The molecule has 0 bridgehead atoms. The van der Waals surface area contributed by atoms with E-state index < -0.39 is 0 Å². The van der Waals surface area contributed by atoms with Gasteiger partial charge in [0.1, 0.15) is 6.07 Å². The van der Waals surface area contributed by atoms with Crippen LogP contribution in [0.25, 0.3) is 6.08 Å². The van der Waals surface area contributed by atoms with Crippen molar-refractivity contribution in [3.63, 3.8) is 0 Å². The molecule has 24 heavy (non-hydrogen) atoms. The topological polar surface area (TPSA) is 71.3 Å². The van der Waals surface area contributed by atoms with Gasteiger partial charge in [-0.1, -0.05) is 13.0 Å². The minimum absolute atomic E-state index is 0.0338. The first-order valence-electron chi connectivity index (χ1n) is 8.28. The maximum Gasteiger partial charge on any atom is 0.244 e. The van der Waals surface area contributed by atoms with E-state index in [1.165, 1.54) is 12.8 Å². The van der Waals surface area contributed by atoms with E-state index in [1.54, 1.807) is 31.4 Å². The van der Waals surface area contributed by atoms with Crippen molar-refractivity contribution in [3.05, 3.63) is 29.8 Å². The highest BCUT2D eigenvalue weighted by atomic mass is 16.5. The number of carbonyl (C=O) groups excluding carboxylic acids is 1. The average Bonchev–Trinajstić information content (AvgIpc) is 2.60. The van der Waals surface area contributed by atoms with E-state index >= 15 is 0 Å². The predicted octanol–water partition coefficient (Wildman–Crippen LogP) is 3.31. The molecule has 1 aromatic carbocycles. The van der Waals surface area contributed by atoms with Gasteiger partial charge in [-0.3, -0.25) is 4.79 Å². The molecule has 1 saturated carbocycles. The van der Waals surface area contributed by atoms with Gasteiger partial charge in [0.25, 0.3) is 0 Å². The van der Waals surface area contributed by atoms with Crippen LogP contribution < -0.4 is 14.8 Å². The summed E-state index contributed by atoms with van der Waals surface area (Å²) < 4.78 is 10.5. The lowest BCUT2D eigenvalue weighted by atomic mass is 9.87. The number of hydrogen-bond donors (Lipinski definition) is 1. The van der Waals surface area contributed by atoms with Crippen LogP contribution in [0.3, 0.4) is 0 Å². The van der Waals surface area contributed by atoms with Gasteiger partial charge in [-0.05, 0) is 55.4 Å². The van der Waals surface area contributed by atoms with E-state index in [0.717, 1.165) is 24.3 Å². The zero-order valence-corrected chi connectivity index (χ0v) is 14.2. The quantitative estimate of drug-likeness (QED) is 0.813. The lowest BCUT2D eigenvalue weighted by molar-refractivity contribution is -0.117. The number of benzene rings is 1. The normalized spacial score (nSPS) is 20.4. The van der Waals surface area contributed by atoms with Crippen molar-refractivity contribution in [2.45, 2.75) is 38.6 Å². The van der Waals surface area contributed by atoms with Gasteiger partial charge in [0.15, 0.2) is 18.1 Å². The Kier molecular flexibility index (Phi) is 6.68. The van der Waals surface area contributed by atoms with Crippen molar-refractivity contribution < 1.29 is 14.3 Å². The number of methoxy groups -OCH3 is 1. The maximum absolute atomic E-state index is 12.0. The highest BCUT2D eigenvalue weighted by Gasteiger charge is 2.18. The molecule has 128 valence electrons. The van der Waals surface area contributed by atoms with Crippen molar-refractivity contribution in [1.29, 1.82) is 5.26 Å². The van der Waals surface area contributed by atoms with Crippen LogP contribution in [-0.4, -0.2) is 25.7 Å². The Balaban J connectivity index is 1.93. The SMILES string of the molecule is COc1cc(/C=C/C(=O)NC2CCC(C)CC2)ccc1OCC#N. The fraction of sp³-hybridized carbons (Fsp3) is 0.474. The van der Waals surface area contributed by atoms with Crippen LogP contribution in [0.4, 0.5) is 0 Å². The third-order valence-electron chi connectivity index (χ3n) is 4.27. The summed E-state index contributed by atoms with van der Waals surface area (Å²) in [6.07, 6.45) is 7.75. The standard InChI is InChI=1S/C19H24N2O3/c1-14-3-7-16(8-4-14)21-19(22)10-6-15-5-9-17(24-12-11-20)18(13-15)23-2/h5-6,9-10,13-14,16H,3-4,7-8,12H2,1-2H3,(H,21,22)/b10-6+. The van der Waals surface area contributed by atoms with Crippen molar-refractivity contribution in [3.8, 4) is 17.6 Å². The minimum Gasteiger partial charge on any atom is -0.493 e. The summed E-state index contributed by atoms with van der Waals surface area (Å²) in [5.41, 5.74) is 0.837. The Morgan fingerprint density at radius 3 is 2.75 bits per heavy atom. The molecule has 1 aliphatic rings. The molecule has 0 unspecified atom stereocenters. The molecule has 1 aliphatic carbocycles. The van der Waals surface area contributed by atoms with Crippen LogP contribution >= 0.6 is 0 Å². The van der Waals surface area contributed by atoms with Crippen LogP contribution in [0.2, 0.25) is 0 Å². The smallest absolute Gasteiger partial charge is 0.244 e. The van der Waals surface area contributed by atoms with Gasteiger partial charge < -0.3 is 14.8 Å². The number of nitriles is 1. The molecule has 0 saturated heterocycles. The molecule has 1 fully saturated rings. The van der Waals surface area contributed by atoms with Crippen LogP contribution in [-0.2, 0) is 4.79 Å². The van der Waals surface area contributed by atoms with Gasteiger partial charge in [0, 0.05) is 12.1 Å². The number of hydrogen-bond acceptors (Lipinski definition) is 4. The number of nitrogens with zero attached hydrogens (tertiary/aromatic N) is 1. The largest absolute Gasteiger partial charge is 0.493 e. The summed E-state index contributed by atoms with van der Waals surface area (Å²) in [5.74, 6) is 1.74. The molecule has 0 atom stereocenters. The molecule has 0 aromatic heterocycles. The van der Waals surface area contributed by atoms with E-state index in [0.29, 0.717) is 11.5 Å². The number of ether oxygens (including phenoxy) is 2. The lowest BCUT2D eigenvalue weighted by Gasteiger charge is -2.26. The van der Waals surface area contributed by atoms with Crippen LogP contribution in [0.15, 0.2) is 24.3 Å². The van der Waals surface area contributed by atoms with Gasteiger partial charge in [0.05, 0.1) is 7.11 Å². The highest BCUT2D eigenvalue weighted by Crippen LogP contribution is 2.28. The molecule has 0 spiro atoms. The molecule has 0 radical (unpaired) electrons. The molecule has 1 aromatic rings. The van der Waals surface area contributed by atoms with Crippen molar-refractivity contribution in [1.82, 2.24) is 5.32 Å². The zero-order valence-electron chi connectivity index (χ0n) is 14.2. The first-order chi connectivity index (χ1) is 11.6. The monoisotopic (exact) mass is 328 g/mol. The third kappa shape index (κ3) is 5.31. The van der Waals surface area contributed by atoms with E-state index in [-0.39, 0.29) is 18.6 Å². The second-order valence-electron chi connectivity index (χ2n) is 6.16. The Bertz CT molecular complexity index is 626. The molecule has 0 aliphatic heterocycles. The van der Waals surface area contributed by atoms with Gasteiger partial charge in [-0.25, -0.2) is 0 Å². The highest BCUT2D eigenvalue weighted by molar-refractivity contribution is 5.92. The maximum atomic E-state index is 12.0. The second-order valence-corrected chi connectivity index (χ2v) is 6.16. The van der Waals surface area contributed by atoms with Gasteiger partial charge >= 0.3 is 0 Å². The van der Waals surface area contributed by atoms with E-state index in [1.807, 2.05) is 12.1 Å². The zero-order chi connectivity index (χ0) is 17.4. The summed E-state index contributed by atoms with van der Waals surface area (Å²) in [4.78, 5) is 12.0. The molecular formula is C19H24N2O3. The summed E-state index contributed by atoms with van der Waals surface area (Å²) in [7, 11) is 1.54. The fourth-order valence-corrected chi connectivity index (χ4v) is 2.84. The average molecular weight is 328 g/mol. The summed E-state index contributed by atoms with van der Waals surface area (Å²) in [6, 6.07) is 7.54. The van der Waals surface area contributed by atoms with Gasteiger partial charge in [-0.2, -0.15) is 5.26 Å². The number of nitrogens with one attached hydrogen (secondary N) is 1. The Morgan fingerprint density at radius 1 is 1.33 bits per heavy atom. The summed E-state index contributed by atoms with van der Waals surface area (Å²) in [5, 5.41) is 11.6. The first kappa shape index (κ1) is 17.9. The molecule has 0 heterocycles. The lowest BCUT2D eigenvalue weighted by Crippen LogP contribution is -2.36. The van der Waals surface area contributed by atoms with Crippen LogP contribution in [0.1, 0.15) is 38.2 Å². The number of amides is 1. The Labute approximate surface area is 143 Å². The molecule has 1 amide bonds. The molecule has 5 nitrogen and oxygen atoms in total. The number of rotatable bonds is 6. The number of carbonyl (C=O) groups is 1. The van der Waals surface area contributed by atoms with Crippen molar-refractivity contribution in [2.75, 3.05) is 13.7 Å². The molecule has 2 rings (SSSR count). The Morgan fingerprint density at radius 2 is 2.08 bits per heavy atom. The van der Waals surface area contributed by atoms with Gasteiger partial charge in [0.2, 0.25) is 5.91 Å². The summed E-state index contributed by atoms with van der Waals surface area (Å²) in [6.45, 7) is 2.23. The van der Waals surface area contributed by atoms with Gasteiger partial charge in [-0.15, -0.1) is 0 Å². The molecule has 5 heteroatoms. The van der Waals surface area contributed by atoms with Crippen LogP contribution in [0.5, 0.6) is 11.5 Å². The predicted molar refractivity (Wildman–Crippen MR) is 92.7 cm³/mol. The molecule has 1 N–H and O–H groups in total. The minimum atomic E-state index is -0.0710. The van der Waals surface area contributed by atoms with Crippen molar-refractivity contribution >= 4 is 12.0 Å². The fourth-order valence-electron chi connectivity index (χ4n) is 2.84. The van der Waals surface area contributed by atoms with E-state index in [4.69, 9.17) is 14.7 Å². The first-order valence-corrected chi connectivity index (χ1v) is 8.28. The third-order valence-corrected chi connectivity index (χ3v) is 4.27. The second kappa shape index (κ2) is 8.97. The van der Waals surface area contributed by atoms with E-state index in [2.05, 4.69) is 12.2 Å². The van der Waals surface area contributed by atoms with Crippen LogP contribution in [0, 0.1) is 17.2 Å². The Hall–Kier alpha value is -2.48.